The molecule has 1 aliphatic rings. The minimum atomic E-state index is -3.65. The van der Waals surface area contributed by atoms with Crippen molar-refractivity contribution in [3.05, 3.63) is 35.0 Å². The van der Waals surface area contributed by atoms with Gasteiger partial charge < -0.3 is 9.72 Å². The molecule has 186 valence electrons. The van der Waals surface area contributed by atoms with E-state index >= 15 is 0 Å². The molecule has 1 N–H and O–H groups in total. The van der Waals surface area contributed by atoms with Gasteiger partial charge in [-0.05, 0) is 43.9 Å². The van der Waals surface area contributed by atoms with Crippen LogP contribution in [0.1, 0.15) is 46.0 Å². The molecule has 12 heteroatoms. The minimum absolute atomic E-state index is 0.192. The molecule has 0 unspecified atom stereocenters. The highest BCUT2D eigenvalue weighted by Crippen LogP contribution is 2.34. The van der Waals surface area contributed by atoms with Gasteiger partial charge in [0.1, 0.15) is 23.4 Å². The smallest absolute Gasteiger partial charge is 0.336 e. The van der Waals surface area contributed by atoms with Crippen LogP contribution < -0.4 is 10.4 Å². The lowest BCUT2D eigenvalue weighted by molar-refractivity contribution is 0.318. The Balaban J connectivity index is 1.70. The van der Waals surface area contributed by atoms with Crippen molar-refractivity contribution in [2.24, 2.45) is 0 Å². The lowest BCUT2D eigenvalue weighted by atomic mass is 10.2. The quantitative estimate of drug-likeness (QED) is 0.395. The van der Waals surface area contributed by atoms with E-state index in [1.807, 2.05) is 13.8 Å². The van der Waals surface area contributed by atoms with Crippen LogP contribution in [-0.2, 0) is 16.6 Å². The Morgan fingerprint density at radius 1 is 1.09 bits per heavy atom. The summed E-state index contributed by atoms with van der Waals surface area (Å²) in [6.07, 6.45) is 5.67. The SMILES string of the molecule is CCCOc1ccc(S(=O)(=O)N2CCCCC2)cc1-c1nc2c([nH]1)c1nncn1c(=O)n2CCC. The second kappa shape index (κ2) is 9.42. The molecule has 0 aliphatic carbocycles. The van der Waals surface area contributed by atoms with Crippen LogP contribution >= 0.6 is 0 Å². The summed E-state index contributed by atoms with van der Waals surface area (Å²) in [5.41, 5.74) is 1.60. The number of aromatic amines is 1. The van der Waals surface area contributed by atoms with Crippen LogP contribution in [0.3, 0.4) is 0 Å². The topological polar surface area (TPSA) is 127 Å². The fourth-order valence-electron chi connectivity index (χ4n) is 4.48. The van der Waals surface area contributed by atoms with Gasteiger partial charge in [-0.15, -0.1) is 10.2 Å². The number of benzene rings is 1. The van der Waals surface area contributed by atoms with Crippen molar-refractivity contribution < 1.29 is 13.2 Å². The fraction of sp³-hybridized carbons (Fsp3) is 0.478. The zero-order valence-corrected chi connectivity index (χ0v) is 20.7. The fourth-order valence-corrected chi connectivity index (χ4v) is 6.02. The Bertz CT molecular complexity index is 1530. The number of hydrogen-bond acceptors (Lipinski definition) is 7. The summed E-state index contributed by atoms with van der Waals surface area (Å²) < 4.78 is 37.2. The summed E-state index contributed by atoms with van der Waals surface area (Å²) in [4.78, 5) is 21.2. The number of piperidine rings is 1. The average molecular weight is 500 g/mol. The van der Waals surface area contributed by atoms with E-state index in [0.717, 1.165) is 32.1 Å². The molecule has 0 radical (unpaired) electrons. The second-order valence-electron chi connectivity index (χ2n) is 8.71. The van der Waals surface area contributed by atoms with Gasteiger partial charge in [0.2, 0.25) is 10.0 Å². The zero-order chi connectivity index (χ0) is 24.6. The van der Waals surface area contributed by atoms with E-state index < -0.39 is 10.0 Å². The van der Waals surface area contributed by atoms with Gasteiger partial charge in [-0.25, -0.2) is 22.6 Å². The van der Waals surface area contributed by atoms with Crippen molar-refractivity contribution in [3.8, 4) is 17.1 Å². The van der Waals surface area contributed by atoms with Gasteiger partial charge in [0, 0.05) is 19.6 Å². The zero-order valence-electron chi connectivity index (χ0n) is 19.9. The molecule has 5 rings (SSSR count). The Morgan fingerprint density at radius 3 is 2.63 bits per heavy atom. The number of ether oxygens (including phenoxy) is 1. The molecule has 0 atom stereocenters. The molecular formula is C23H29N7O4S. The number of nitrogens with one attached hydrogen (secondary N) is 1. The number of H-pyrrole nitrogens is 1. The highest BCUT2D eigenvalue weighted by atomic mass is 32.2. The molecule has 0 spiro atoms. The van der Waals surface area contributed by atoms with Gasteiger partial charge in [-0.2, -0.15) is 4.31 Å². The van der Waals surface area contributed by atoms with Crippen molar-refractivity contribution in [2.45, 2.75) is 57.4 Å². The molecule has 4 aromatic rings. The third-order valence-electron chi connectivity index (χ3n) is 6.22. The number of imidazole rings is 1. The Hall–Kier alpha value is -3.25. The monoisotopic (exact) mass is 499 g/mol. The first-order valence-electron chi connectivity index (χ1n) is 12.0. The maximum Gasteiger partial charge on any atom is 0.336 e. The lowest BCUT2D eigenvalue weighted by Gasteiger charge is -2.26. The highest BCUT2D eigenvalue weighted by molar-refractivity contribution is 7.89. The third kappa shape index (κ3) is 4.10. The predicted molar refractivity (Wildman–Crippen MR) is 131 cm³/mol. The van der Waals surface area contributed by atoms with Gasteiger partial charge in [0.05, 0.1) is 17.1 Å². The first-order valence-corrected chi connectivity index (χ1v) is 13.5. The van der Waals surface area contributed by atoms with Crippen LogP contribution in [0.2, 0.25) is 0 Å². The van der Waals surface area contributed by atoms with Gasteiger partial charge in [0.15, 0.2) is 11.3 Å². The standard InChI is InChI=1S/C23H29N7O4S/c1-3-10-29-21-19(22-27-24-15-30(22)23(29)31)25-20(26-21)17-14-16(8-9-18(17)34-13-4-2)35(32,33)28-11-6-5-7-12-28/h8-9,14-15H,3-7,10-13H2,1-2H3,(H,25,26). The van der Waals surface area contributed by atoms with Crippen LogP contribution in [0.15, 0.2) is 34.2 Å². The van der Waals surface area contributed by atoms with Gasteiger partial charge in [-0.3, -0.25) is 4.57 Å². The molecule has 35 heavy (non-hydrogen) atoms. The first kappa shape index (κ1) is 23.5. The molecule has 0 saturated carbocycles. The number of aromatic nitrogens is 6. The Morgan fingerprint density at radius 2 is 1.89 bits per heavy atom. The first-order chi connectivity index (χ1) is 17.0. The van der Waals surface area contributed by atoms with E-state index in [1.54, 1.807) is 27.1 Å². The van der Waals surface area contributed by atoms with Crippen LogP contribution in [0.5, 0.6) is 5.75 Å². The molecule has 0 bridgehead atoms. The largest absolute Gasteiger partial charge is 0.493 e. The predicted octanol–water partition coefficient (Wildman–Crippen LogP) is 2.81. The summed E-state index contributed by atoms with van der Waals surface area (Å²) in [5, 5.41) is 7.99. The number of hydrogen-bond donors (Lipinski definition) is 1. The molecule has 11 nitrogen and oxygen atoms in total. The Labute approximate surface area is 202 Å². The van der Waals surface area contributed by atoms with Crippen LogP contribution in [0, 0.1) is 0 Å². The number of aryl methyl sites for hydroxylation is 1. The molecule has 4 heterocycles. The molecular weight excluding hydrogens is 470 g/mol. The van der Waals surface area contributed by atoms with Crippen molar-refractivity contribution in [3.63, 3.8) is 0 Å². The van der Waals surface area contributed by atoms with Crippen molar-refractivity contribution in [1.29, 1.82) is 0 Å². The van der Waals surface area contributed by atoms with E-state index in [4.69, 9.17) is 9.72 Å². The summed E-state index contributed by atoms with van der Waals surface area (Å²) in [6.45, 7) is 5.96. The maximum atomic E-state index is 13.4. The Kier molecular flexibility index (Phi) is 6.32. The van der Waals surface area contributed by atoms with Crippen LogP contribution in [0.4, 0.5) is 0 Å². The lowest BCUT2D eigenvalue weighted by Crippen LogP contribution is -2.35. The number of nitrogens with zero attached hydrogens (tertiary/aromatic N) is 6. The summed E-state index contributed by atoms with van der Waals surface area (Å²) in [5.74, 6) is 0.924. The third-order valence-corrected chi connectivity index (χ3v) is 8.11. The summed E-state index contributed by atoms with van der Waals surface area (Å²) in [7, 11) is -3.65. The van der Waals surface area contributed by atoms with E-state index in [1.165, 1.54) is 10.7 Å². The van der Waals surface area contributed by atoms with Crippen LogP contribution in [-0.4, -0.2) is 61.6 Å². The van der Waals surface area contributed by atoms with E-state index in [2.05, 4.69) is 15.2 Å². The van der Waals surface area contributed by atoms with Crippen molar-refractivity contribution in [2.75, 3.05) is 19.7 Å². The average Bonchev–Trinajstić information content (AvgIpc) is 3.53. The van der Waals surface area contributed by atoms with Gasteiger partial charge in [-0.1, -0.05) is 20.3 Å². The van der Waals surface area contributed by atoms with Crippen molar-refractivity contribution in [1.82, 2.24) is 33.4 Å². The molecule has 3 aromatic heterocycles. The molecule has 1 saturated heterocycles. The van der Waals surface area contributed by atoms with Gasteiger partial charge in [0.25, 0.3) is 0 Å². The van der Waals surface area contributed by atoms with Gasteiger partial charge >= 0.3 is 5.69 Å². The highest BCUT2D eigenvalue weighted by Gasteiger charge is 2.28. The van der Waals surface area contributed by atoms with E-state index in [9.17, 15) is 13.2 Å². The van der Waals surface area contributed by atoms with E-state index in [0.29, 0.717) is 60.2 Å². The second-order valence-corrected chi connectivity index (χ2v) is 10.7. The molecule has 1 aliphatic heterocycles. The van der Waals surface area contributed by atoms with Crippen LogP contribution in [0.25, 0.3) is 28.2 Å². The molecule has 1 fully saturated rings. The normalized spacial score (nSPS) is 15.3. The summed E-state index contributed by atoms with van der Waals surface area (Å²) in [6, 6.07) is 4.88. The summed E-state index contributed by atoms with van der Waals surface area (Å²) >= 11 is 0. The number of sulfonamides is 1. The molecule has 1 aromatic carbocycles. The van der Waals surface area contributed by atoms with Crippen molar-refractivity contribution >= 4 is 26.8 Å². The number of fused-ring (bicyclic) bond motifs is 3. The van der Waals surface area contributed by atoms with E-state index in [-0.39, 0.29) is 10.6 Å². The molecule has 0 amide bonds. The minimum Gasteiger partial charge on any atom is -0.493 e. The maximum absolute atomic E-state index is 13.4. The number of rotatable bonds is 8.